The zero-order valence-electron chi connectivity index (χ0n) is 11.0. The van der Waals surface area contributed by atoms with Crippen LogP contribution < -0.4 is 9.47 Å². The van der Waals surface area contributed by atoms with Crippen molar-refractivity contribution in [1.82, 2.24) is 4.98 Å². The van der Waals surface area contributed by atoms with Crippen molar-refractivity contribution in [2.75, 3.05) is 7.11 Å². The maximum atomic E-state index is 5.76. The molecule has 0 radical (unpaired) electrons. The van der Waals surface area contributed by atoms with Crippen LogP contribution in [0.5, 0.6) is 11.5 Å². The fourth-order valence-electron chi connectivity index (χ4n) is 1.62. The number of hydrogen-bond donors (Lipinski definition) is 0. The van der Waals surface area contributed by atoms with Gasteiger partial charge in [-0.3, -0.25) is 0 Å². The van der Waals surface area contributed by atoms with Gasteiger partial charge in [0, 0.05) is 5.38 Å². The van der Waals surface area contributed by atoms with Crippen LogP contribution >= 0.6 is 27.3 Å². The minimum absolute atomic E-state index is 0.491. The highest BCUT2D eigenvalue weighted by Crippen LogP contribution is 2.29. The monoisotopic (exact) mass is 341 g/mol. The first-order chi connectivity index (χ1) is 9.22. The van der Waals surface area contributed by atoms with E-state index in [1.807, 2.05) is 18.2 Å². The second kappa shape index (κ2) is 6.91. The highest BCUT2D eigenvalue weighted by atomic mass is 79.9. The van der Waals surface area contributed by atoms with Crippen molar-refractivity contribution in [2.24, 2.45) is 0 Å². The summed E-state index contributed by atoms with van der Waals surface area (Å²) in [6.45, 7) is 2.65. The lowest BCUT2D eigenvalue weighted by atomic mass is 10.3. The lowest BCUT2D eigenvalue weighted by Crippen LogP contribution is -1.97. The number of ether oxygens (including phenoxy) is 2. The van der Waals surface area contributed by atoms with Crippen LogP contribution in [0.1, 0.15) is 24.0 Å². The average Bonchev–Trinajstić information content (AvgIpc) is 2.85. The molecule has 0 aliphatic carbocycles. The van der Waals surface area contributed by atoms with Crippen molar-refractivity contribution in [3.8, 4) is 11.5 Å². The zero-order valence-corrected chi connectivity index (χ0v) is 13.4. The molecular weight excluding hydrogens is 326 g/mol. The van der Waals surface area contributed by atoms with Gasteiger partial charge in [0.2, 0.25) is 0 Å². The predicted octanol–water partition coefficient (Wildman–Crippen LogP) is 4.45. The molecule has 0 amide bonds. The zero-order chi connectivity index (χ0) is 13.7. The van der Waals surface area contributed by atoms with E-state index in [2.05, 4.69) is 33.2 Å². The van der Waals surface area contributed by atoms with Crippen LogP contribution in [0.15, 0.2) is 28.1 Å². The Bertz CT molecular complexity index is 542. The molecule has 0 fully saturated rings. The number of hydrogen-bond acceptors (Lipinski definition) is 4. The van der Waals surface area contributed by atoms with Crippen LogP contribution in [-0.4, -0.2) is 12.1 Å². The van der Waals surface area contributed by atoms with Gasteiger partial charge in [0.15, 0.2) is 0 Å². The summed E-state index contributed by atoms with van der Waals surface area (Å²) in [6, 6.07) is 5.66. The summed E-state index contributed by atoms with van der Waals surface area (Å²) in [6.07, 6.45) is 2.16. The van der Waals surface area contributed by atoms with Gasteiger partial charge in [-0.25, -0.2) is 4.98 Å². The molecule has 0 saturated carbocycles. The Morgan fingerprint density at radius 2 is 2.21 bits per heavy atom. The minimum atomic E-state index is 0.491. The summed E-state index contributed by atoms with van der Waals surface area (Å²) in [7, 11) is 1.65. The van der Waals surface area contributed by atoms with Crippen LogP contribution in [0.4, 0.5) is 0 Å². The number of nitrogens with zero attached hydrogens (tertiary/aromatic N) is 1. The first-order valence-corrected chi connectivity index (χ1v) is 7.79. The Morgan fingerprint density at radius 3 is 2.89 bits per heavy atom. The van der Waals surface area contributed by atoms with Gasteiger partial charge in [-0.2, -0.15) is 0 Å². The highest BCUT2D eigenvalue weighted by Gasteiger charge is 2.06. The van der Waals surface area contributed by atoms with E-state index in [1.165, 1.54) is 5.01 Å². The SMILES string of the molecule is CCCc1nc(COc2ccc(OC)cc2Br)cs1. The maximum absolute atomic E-state index is 5.76. The summed E-state index contributed by atoms with van der Waals surface area (Å²) in [5.41, 5.74) is 0.983. The number of aromatic nitrogens is 1. The molecule has 2 aromatic rings. The quantitative estimate of drug-likeness (QED) is 0.777. The summed E-state index contributed by atoms with van der Waals surface area (Å²) in [5.74, 6) is 1.60. The molecule has 0 aliphatic rings. The van der Waals surface area contributed by atoms with Crippen molar-refractivity contribution in [3.63, 3.8) is 0 Å². The lowest BCUT2D eigenvalue weighted by Gasteiger charge is -2.08. The van der Waals surface area contributed by atoms with Crippen molar-refractivity contribution < 1.29 is 9.47 Å². The molecule has 0 N–H and O–H groups in total. The molecule has 0 atom stereocenters. The number of halogens is 1. The molecule has 3 nitrogen and oxygen atoms in total. The van der Waals surface area contributed by atoms with Gasteiger partial charge in [0.25, 0.3) is 0 Å². The van der Waals surface area contributed by atoms with Crippen LogP contribution in [-0.2, 0) is 13.0 Å². The normalized spacial score (nSPS) is 10.5. The predicted molar refractivity (Wildman–Crippen MR) is 81.1 cm³/mol. The molecular formula is C14H16BrNO2S. The van der Waals surface area contributed by atoms with Crippen molar-refractivity contribution >= 4 is 27.3 Å². The van der Waals surface area contributed by atoms with Crippen LogP contribution in [0, 0.1) is 0 Å². The van der Waals surface area contributed by atoms with E-state index in [4.69, 9.17) is 9.47 Å². The van der Waals surface area contributed by atoms with E-state index in [-0.39, 0.29) is 0 Å². The smallest absolute Gasteiger partial charge is 0.134 e. The Morgan fingerprint density at radius 1 is 1.37 bits per heavy atom. The average molecular weight is 342 g/mol. The van der Waals surface area contributed by atoms with E-state index in [1.54, 1.807) is 18.4 Å². The van der Waals surface area contributed by atoms with Crippen LogP contribution in [0.2, 0.25) is 0 Å². The third-order valence-electron chi connectivity index (χ3n) is 2.58. The second-order valence-corrected chi connectivity index (χ2v) is 5.86. The number of aryl methyl sites for hydroxylation is 1. The summed E-state index contributed by atoms with van der Waals surface area (Å²) >= 11 is 5.17. The van der Waals surface area contributed by atoms with Gasteiger partial charge in [-0.05, 0) is 47.0 Å². The summed E-state index contributed by atoms with van der Waals surface area (Å²) in [5, 5.41) is 3.23. The number of methoxy groups -OCH3 is 1. The topological polar surface area (TPSA) is 31.4 Å². The molecule has 19 heavy (non-hydrogen) atoms. The van der Waals surface area contributed by atoms with Crippen molar-refractivity contribution in [1.29, 1.82) is 0 Å². The van der Waals surface area contributed by atoms with Crippen LogP contribution in [0.25, 0.3) is 0 Å². The number of rotatable bonds is 6. The van der Waals surface area contributed by atoms with E-state index < -0.39 is 0 Å². The fourth-order valence-corrected chi connectivity index (χ4v) is 2.98. The van der Waals surface area contributed by atoms with Gasteiger partial charge in [-0.1, -0.05) is 6.92 Å². The molecule has 5 heteroatoms. The molecule has 0 spiro atoms. The molecule has 1 aromatic carbocycles. The van der Waals surface area contributed by atoms with Crippen LogP contribution in [0.3, 0.4) is 0 Å². The Balaban J connectivity index is 1.97. The van der Waals surface area contributed by atoms with Gasteiger partial charge in [0.1, 0.15) is 18.1 Å². The van der Waals surface area contributed by atoms with Crippen molar-refractivity contribution in [2.45, 2.75) is 26.4 Å². The molecule has 0 bridgehead atoms. The molecule has 1 heterocycles. The van der Waals surface area contributed by atoms with E-state index in [0.29, 0.717) is 6.61 Å². The molecule has 0 saturated heterocycles. The standard InChI is InChI=1S/C14H16BrNO2S/c1-3-4-14-16-10(9-19-14)8-18-13-6-5-11(17-2)7-12(13)15/h5-7,9H,3-4,8H2,1-2H3. The Labute approximate surface area is 125 Å². The Hall–Kier alpha value is -1.07. The summed E-state index contributed by atoms with van der Waals surface area (Å²) < 4.78 is 11.8. The van der Waals surface area contributed by atoms with Gasteiger partial charge in [0.05, 0.1) is 22.3 Å². The second-order valence-electron chi connectivity index (χ2n) is 4.07. The molecule has 0 aliphatic heterocycles. The first-order valence-electron chi connectivity index (χ1n) is 6.12. The lowest BCUT2D eigenvalue weighted by molar-refractivity contribution is 0.299. The van der Waals surface area contributed by atoms with Gasteiger partial charge in [-0.15, -0.1) is 11.3 Å². The van der Waals surface area contributed by atoms with E-state index >= 15 is 0 Å². The Kier molecular flexibility index (Phi) is 5.22. The van der Waals surface area contributed by atoms with E-state index in [9.17, 15) is 0 Å². The van der Waals surface area contributed by atoms with Gasteiger partial charge < -0.3 is 9.47 Å². The molecule has 2 rings (SSSR count). The number of benzene rings is 1. The largest absolute Gasteiger partial charge is 0.497 e. The van der Waals surface area contributed by atoms with Gasteiger partial charge >= 0.3 is 0 Å². The first kappa shape index (κ1) is 14.3. The molecule has 102 valence electrons. The minimum Gasteiger partial charge on any atom is -0.497 e. The molecule has 1 aromatic heterocycles. The maximum Gasteiger partial charge on any atom is 0.134 e. The third kappa shape index (κ3) is 3.94. The van der Waals surface area contributed by atoms with E-state index in [0.717, 1.165) is 34.5 Å². The highest BCUT2D eigenvalue weighted by molar-refractivity contribution is 9.10. The fraction of sp³-hybridized carbons (Fsp3) is 0.357. The third-order valence-corrected chi connectivity index (χ3v) is 4.15. The molecule has 0 unspecified atom stereocenters. The number of thiazole rings is 1. The van der Waals surface area contributed by atoms with Crippen molar-refractivity contribution in [3.05, 3.63) is 38.8 Å². The summed E-state index contributed by atoms with van der Waals surface area (Å²) in [4.78, 5) is 4.53.